The molecular weight excluding hydrogens is 403 g/mol. The average Bonchev–Trinajstić information content (AvgIpc) is 2.83. The third-order valence-corrected chi connectivity index (χ3v) is 6.90. The first-order valence-electron chi connectivity index (χ1n) is 11.3. The van der Waals surface area contributed by atoms with E-state index in [4.69, 9.17) is 4.74 Å². The molecule has 2 atom stereocenters. The van der Waals surface area contributed by atoms with E-state index >= 15 is 0 Å². The highest BCUT2D eigenvalue weighted by molar-refractivity contribution is 5.58. The molecule has 0 aromatic heterocycles. The van der Waals surface area contributed by atoms with Gasteiger partial charge in [0.25, 0.3) is 0 Å². The number of halogens is 1. The SMILES string of the molecule is COc1cc(N2CCNCC2)ccc1C1c2ccc(O)cc2CCC1c1cccc(F)c1. The van der Waals surface area contributed by atoms with Gasteiger partial charge in [-0.1, -0.05) is 24.3 Å². The number of aromatic hydroxyl groups is 1. The summed E-state index contributed by atoms with van der Waals surface area (Å²) in [5.74, 6) is 1.08. The zero-order valence-corrected chi connectivity index (χ0v) is 18.4. The molecule has 0 spiro atoms. The second kappa shape index (κ2) is 8.83. The van der Waals surface area contributed by atoms with Crippen LogP contribution in [0.2, 0.25) is 0 Å². The van der Waals surface area contributed by atoms with Crippen molar-refractivity contribution in [1.29, 1.82) is 0 Å². The predicted molar refractivity (Wildman–Crippen MR) is 125 cm³/mol. The lowest BCUT2D eigenvalue weighted by molar-refractivity contribution is 0.400. The van der Waals surface area contributed by atoms with Gasteiger partial charge in [-0.15, -0.1) is 0 Å². The van der Waals surface area contributed by atoms with E-state index in [1.807, 2.05) is 18.2 Å². The Morgan fingerprint density at radius 3 is 2.59 bits per heavy atom. The summed E-state index contributed by atoms with van der Waals surface area (Å²) in [4.78, 5) is 2.37. The number of rotatable bonds is 4. The molecule has 2 aliphatic rings. The molecule has 2 N–H and O–H groups in total. The first-order chi connectivity index (χ1) is 15.6. The lowest BCUT2D eigenvalue weighted by Gasteiger charge is -2.36. The Bertz CT molecular complexity index is 1110. The van der Waals surface area contributed by atoms with Gasteiger partial charge in [-0.05, 0) is 65.8 Å². The van der Waals surface area contributed by atoms with Crippen LogP contribution in [0.5, 0.6) is 11.5 Å². The van der Waals surface area contributed by atoms with Gasteiger partial charge in [0.1, 0.15) is 17.3 Å². The Kier molecular flexibility index (Phi) is 5.75. The summed E-state index contributed by atoms with van der Waals surface area (Å²) in [5.41, 5.74) is 5.60. The van der Waals surface area contributed by atoms with E-state index in [1.54, 1.807) is 25.3 Å². The molecule has 32 heavy (non-hydrogen) atoms. The summed E-state index contributed by atoms with van der Waals surface area (Å²) in [6.07, 6.45) is 1.73. The monoisotopic (exact) mass is 432 g/mol. The van der Waals surface area contributed by atoms with Gasteiger partial charge in [0, 0.05) is 49.4 Å². The molecule has 1 heterocycles. The van der Waals surface area contributed by atoms with E-state index in [9.17, 15) is 9.50 Å². The highest BCUT2D eigenvalue weighted by atomic mass is 19.1. The summed E-state index contributed by atoms with van der Waals surface area (Å²) in [6, 6.07) is 19.1. The number of hydrogen-bond acceptors (Lipinski definition) is 4. The summed E-state index contributed by atoms with van der Waals surface area (Å²) in [7, 11) is 1.72. The number of phenolic OH excluding ortho intramolecular Hbond substituents is 1. The fourth-order valence-corrected chi connectivity index (χ4v) is 5.36. The number of fused-ring (bicyclic) bond motifs is 1. The maximum atomic E-state index is 14.1. The van der Waals surface area contributed by atoms with E-state index in [0.29, 0.717) is 0 Å². The van der Waals surface area contributed by atoms with Crippen LogP contribution in [-0.4, -0.2) is 38.4 Å². The number of aryl methyl sites for hydroxylation is 1. The number of methoxy groups -OCH3 is 1. The van der Waals surface area contributed by atoms with Crippen LogP contribution in [0, 0.1) is 5.82 Å². The van der Waals surface area contributed by atoms with E-state index in [1.165, 1.54) is 11.6 Å². The van der Waals surface area contributed by atoms with Crippen LogP contribution < -0.4 is 15.0 Å². The number of ether oxygens (including phenoxy) is 1. The first kappa shape index (κ1) is 20.8. The van der Waals surface area contributed by atoms with Crippen molar-refractivity contribution < 1.29 is 14.2 Å². The Morgan fingerprint density at radius 2 is 1.81 bits per heavy atom. The number of nitrogens with one attached hydrogen (secondary N) is 1. The van der Waals surface area contributed by atoms with Crippen LogP contribution in [0.1, 0.15) is 40.5 Å². The van der Waals surface area contributed by atoms with Gasteiger partial charge in [0.05, 0.1) is 7.11 Å². The van der Waals surface area contributed by atoms with Crippen molar-refractivity contribution in [1.82, 2.24) is 5.32 Å². The zero-order chi connectivity index (χ0) is 22.1. The highest BCUT2D eigenvalue weighted by Crippen LogP contribution is 2.49. The average molecular weight is 433 g/mol. The number of piperazine rings is 1. The molecule has 3 aromatic carbocycles. The third-order valence-electron chi connectivity index (χ3n) is 6.90. The Balaban J connectivity index is 1.61. The molecule has 1 aliphatic heterocycles. The molecule has 5 rings (SSSR count). The first-order valence-corrected chi connectivity index (χ1v) is 11.3. The highest BCUT2D eigenvalue weighted by Gasteiger charge is 2.34. The topological polar surface area (TPSA) is 44.7 Å². The molecule has 2 unspecified atom stereocenters. The van der Waals surface area contributed by atoms with Gasteiger partial charge in [-0.2, -0.15) is 0 Å². The molecule has 0 radical (unpaired) electrons. The van der Waals surface area contributed by atoms with E-state index in [2.05, 4.69) is 28.4 Å². The molecule has 166 valence electrons. The van der Waals surface area contributed by atoms with Crippen molar-refractivity contribution in [3.05, 3.63) is 88.7 Å². The van der Waals surface area contributed by atoms with E-state index in [0.717, 1.165) is 67.1 Å². The fraction of sp³-hybridized carbons (Fsp3) is 0.333. The predicted octanol–water partition coefficient (Wildman–Crippen LogP) is 4.81. The van der Waals surface area contributed by atoms with Crippen LogP contribution in [0.15, 0.2) is 60.7 Å². The maximum absolute atomic E-state index is 14.1. The number of hydrogen-bond donors (Lipinski definition) is 2. The molecule has 4 nitrogen and oxygen atoms in total. The minimum atomic E-state index is -0.209. The van der Waals surface area contributed by atoms with Gasteiger partial charge in [0.2, 0.25) is 0 Å². The van der Waals surface area contributed by atoms with Gasteiger partial charge >= 0.3 is 0 Å². The van der Waals surface area contributed by atoms with Crippen LogP contribution in [-0.2, 0) is 6.42 Å². The molecule has 3 aromatic rings. The van der Waals surface area contributed by atoms with Crippen molar-refractivity contribution in [3.8, 4) is 11.5 Å². The molecule has 0 saturated carbocycles. The quantitative estimate of drug-likeness (QED) is 0.621. The van der Waals surface area contributed by atoms with Crippen molar-refractivity contribution in [2.75, 3.05) is 38.2 Å². The maximum Gasteiger partial charge on any atom is 0.124 e. The number of phenols is 1. The van der Waals surface area contributed by atoms with Crippen molar-refractivity contribution in [2.45, 2.75) is 24.7 Å². The van der Waals surface area contributed by atoms with Crippen molar-refractivity contribution in [2.24, 2.45) is 0 Å². The van der Waals surface area contributed by atoms with E-state index < -0.39 is 0 Å². The Hall–Kier alpha value is -3.05. The van der Waals surface area contributed by atoms with E-state index in [-0.39, 0.29) is 23.4 Å². The minimum Gasteiger partial charge on any atom is -0.508 e. The molecular formula is C27H29FN2O2. The standard InChI is InChI=1S/C27H29FN2O2/c1-32-26-17-21(30-13-11-29-12-14-30)6-9-25(26)27-23(18-3-2-4-20(28)15-18)8-5-19-16-22(31)7-10-24(19)27/h2-4,6-7,9-10,15-17,23,27,29,31H,5,8,11-14H2,1H3. The lowest BCUT2D eigenvalue weighted by atomic mass is 9.69. The summed E-state index contributed by atoms with van der Waals surface area (Å²) < 4.78 is 20.0. The van der Waals surface area contributed by atoms with Crippen LogP contribution in [0.3, 0.4) is 0 Å². The molecule has 1 fully saturated rings. The van der Waals surface area contributed by atoms with Crippen molar-refractivity contribution >= 4 is 5.69 Å². The van der Waals surface area contributed by atoms with Crippen LogP contribution in [0.4, 0.5) is 10.1 Å². The fourth-order valence-electron chi connectivity index (χ4n) is 5.36. The van der Waals surface area contributed by atoms with Crippen LogP contribution in [0.25, 0.3) is 0 Å². The summed E-state index contributed by atoms with van der Waals surface area (Å²) in [5, 5.41) is 13.5. The smallest absolute Gasteiger partial charge is 0.124 e. The van der Waals surface area contributed by atoms with Crippen molar-refractivity contribution in [3.63, 3.8) is 0 Å². The summed E-state index contributed by atoms with van der Waals surface area (Å²) >= 11 is 0. The third kappa shape index (κ3) is 3.93. The van der Waals surface area contributed by atoms with Gasteiger partial charge in [0.15, 0.2) is 0 Å². The molecule has 0 amide bonds. The van der Waals surface area contributed by atoms with Gasteiger partial charge < -0.3 is 20.1 Å². The van der Waals surface area contributed by atoms with Gasteiger partial charge in [-0.25, -0.2) is 4.39 Å². The molecule has 1 aliphatic carbocycles. The second-order valence-corrected chi connectivity index (χ2v) is 8.72. The molecule has 5 heteroatoms. The molecule has 1 saturated heterocycles. The largest absolute Gasteiger partial charge is 0.508 e. The number of nitrogens with zero attached hydrogens (tertiary/aromatic N) is 1. The summed E-state index contributed by atoms with van der Waals surface area (Å²) in [6.45, 7) is 3.90. The number of anilines is 1. The van der Waals surface area contributed by atoms with Gasteiger partial charge in [-0.3, -0.25) is 0 Å². The van der Waals surface area contributed by atoms with Crippen LogP contribution >= 0.6 is 0 Å². The minimum absolute atomic E-state index is 0.0215. The number of benzene rings is 3. The lowest BCUT2D eigenvalue weighted by Crippen LogP contribution is -2.43. The molecule has 0 bridgehead atoms. The second-order valence-electron chi connectivity index (χ2n) is 8.72. The normalized spacial score (nSPS) is 20.6. The zero-order valence-electron chi connectivity index (χ0n) is 18.4. The Labute approximate surface area is 188 Å². The Morgan fingerprint density at radius 1 is 1.00 bits per heavy atom.